The molecule has 2 saturated heterocycles. The van der Waals surface area contributed by atoms with Crippen LogP contribution in [0, 0.1) is 11.8 Å². The SMILES string of the molecule is CC1CCCN(C(=O)NC2CCOC2C2CC2)C1. The third-order valence-corrected chi connectivity index (χ3v) is 4.48. The Morgan fingerprint density at radius 2 is 2.11 bits per heavy atom. The summed E-state index contributed by atoms with van der Waals surface area (Å²) in [5, 5.41) is 3.20. The number of likely N-dealkylation sites (tertiary alicyclic amines) is 1. The zero-order valence-electron chi connectivity index (χ0n) is 11.2. The fourth-order valence-electron chi connectivity index (χ4n) is 3.28. The van der Waals surface area contributed by atoms with Crippen molar-refractivity contribution >= 4 is 6.03 Å². The summed E-state index contributed by atoms with van der Waals surface area (Å²) in [5.41, 5.74) is 0. The van der Waals surface area contributed by atoms with Crippen molar-refractivity contribution in [3.05, 3.63) is 0 Å². The van der Waals surface area contributed by atoms with Crippen LogP contribution in [-0.2, 0) is 4.74 Å². The summed E-state index contributed by atoms with van der Waals surface area (Å²) in [5.74, 6) is 1.35. The van der Waals surface area contributed by atoms with E-state index >= 15 is 0 Å². The number of nitrogens with zero attached hydrogens (tertiary/aromatic N) is 1. The maximum absolute atomic E-state index is 12.2. The maximum atomic E-state index is 12.2. The largest absolute Gasteiger partial charge is 0.376 e. The molecule has 2 amide bonds. The molecule has 1 aliphatic carbocycles. The van der Waals surface area contributed by atoms with Crippen LogP contribution in [0.4, 0.5) is 4.79 Å². The Kier molecular flexibility index (Phi) is 3.46. The van der Waals surface area contributed by atoms with E-state index in [2.05, 4.69) is 12.2 Å². The van der Waals surface area contributed by atoms with Gasteiger partial charge in [0.25, 0.3) is 0 Å². The van der Waals surface area contributed by atoms with E-state index in [1.54, 1.807) is 0 Å². The Bertz CT molecular complexity index is 317. The van der Waals surface area contributed by atoms with Gasteiger partial charge in [-0.3, -0.25) is 0 Å². The molecule has 0 radical (unpaired) electrons. The molecule has 3 fully saturated rings. The van der Waals surface area contributed by atoms with Gasteiger partial charge < -0.3 is 15.0 Å². The standard InChI is InChI=1S/C14H24N2O2/c1-10-3-2-7-16(9-10)14(17)15-12-6-8-18-13(12)11-4-5-11/h10-13H,2-9H2,1H3,(H,15,17). The van der Waals surface area contributed by atoms with Gasteiger partial charge in [-0.1, -0.05) is 6.92 Å². The summed E-state index contributed by atoms with van der Waals surface area (Å²) in [4.78, 5) is 14.2. The van der Waals surface area contributed by atoms with Gasteiger partial charge in [0.05, 0.1) is 12.1 Å². The van der Waals surface area contributed by atoms with Crippen molar-refractivity contribution in [2.45, 2.75) is 51.2 Å². The minimum atomic E-state index is 0.128. The van der Waals surface area contributed by atoms with E-state index in [9.17, 15) is 4.79 Å². The van der Waals surface area contributed by atoms with E-state index in [4.69, 9.17) is 4.74 Å². The number of rotatable bonds is 2. The lowest BCUT2D eigenvalue weighted by Gasteiger charge is -2.32. The van der Waals surface area contributed by atoms with E-state index in [0.29, 0.717) is 11.8 Å². The number of ether oxygens (including phenoxy) is 1. The van der Waals surface area contributed by atoms with Gasteiger partial charge in [0.1, 0.15) is 0 Å². The molecule has 1 saturated carbocycles. The maximum Gasteiger partial charge on any atom is 0.317 e. The van der Waals surface area contributed by atoms with Crippen LogP contribution in [0.25, 0.3) is 0 Å². The van der Waals surface area contributed by atoms with Crippen LogP contribution in [0.1, 0.15) is 39.0 Å². The van der Waals surface area contributed by atoms with Gasteiger partial charge in [-0.15, -0.1) is 0 Å². The fourth-order valence-corrected chi connectivity index (χ4v) is 3.28. The molecule has 4 nitrogen and oxygen atoms in total. The normalized spacial score (nSPS) is 36.7. The molecule has 0 aromatic rings. The number of carbonyl (C=O) groups excluding carboxylic acids is 1. The zero-order chi connectivity index (χ0) is 12.5. The molecule has 4 heteroatoms. The summed E-state index contributed by atoms with van der Waals surface area (Å²) in [6, 6.07) is 0.380. The van der Waals surface area contributed by atoms with Crippen molar-refractivity contribution in [1.82, 2.24) is 10.2 Å². The summed E-state index contributed by atoms with van der Waals surface area (Å²) >= 11 is 0. The summed E-state index contributed by atoms with van der Waals surface area (Å²) in [6.07, 6.45) is 6.21. The lowest BCUT2D eigenvalue weighted by atomic mass is 10.0. The summed E-state index contributed by atoms with van der Waals surface area (Å²) < 4.78 is 5.77. The smallest absolute Gasteiger partial charge is 0.317 e. The number of amides is 2. The molecule has 3 unspecified atom stereocenters. The molecular formula is C14H24N2O2. The first-order valence-electron chi connectivity index (χ1n) is 7.41. The third-order valence-electron chi connectivity index (χ3n) is 4.48. The Labute approximate surface area is 109 Å². The predicted octanol–water partition coefficient (Wildman–Crippen LogP) is 2.00. The van der Waals surface area contributed by atoms with Crippen LogP contribution in [-0.4, -0.2) is 42.8 Å². The average Bonchev–Trinajstić information content (AvgIpc) is 3.10. The topological polar surface area (TPSA) is 41.6 Å². The second-order valence-corrected chi connectivity index (χ2v) is 6.21. The van der Waals surface area contributed by atoms with Gasteiger partial charge in [-0.05, 0) is 43.9 Å². The number of hydrogen-bond acceptors (Lipinski definition) is 2. The molecule has 3 rings (SSSR count). The molecule has 2 aliphatic heterocycles. The molecule has 0 aromatic carbocycles. The van der Waals surface area contributed by atoms with Gasteiger partial charge in [0, 0.05) is 19.7 Å². The molecular weight excluding hydrogens is 228 g/mol. The molecule has 0 aromatic heterocycles. The molecule has 0 bridgehead atoms. The first-order chi connectivity index (χ1) is 8.74. The van der Waals surface area contributed by atoms with E-state index < -0.39 is 0 Å². The number of piperidine rings is 1. The van der Waals surface area contributed by atoms with Crippen molar-refractivity contribution in [3.8, 4) is 0 Å². The first kappa shape index (κ1) is 12.3. The second-order valence-electron chi connectivity index (χ2n) is 6.21. The molecule has 18 heavy (non-hydrogen) atoms. The quantitative estimate of drug-likeness (QED) is 0.816. The van der Waals surface area contributed by atoms with Gasteiger partial charge in [-0.2, -0.15) is 0 Å². The highest BCUT2D eigenvalue weighted by Crippen LogP contribution is 2.38. The highest BCUT2D eigenvalue weighted by molar-refractivity contribution is 5.74. The van der Waals surface area contributed by atoms with Crippen molar-refractivity contribution in [1.29, 1.82) is 0 Å². The lowest BCUT2D eigenvalue weighted by Crippen LogP contribution is -2.50. The van der Waals surface area contributed by atoms with E-state index in [0.717, 1.165) is 32.5 Å². The van der Waals surface area contributed by atoms with Crippen molar-refractivity contribution in [3.63, 3.8) is 0 Å². The Balaban J connectivity index is 1.53. The number of carbonyl (C=O) groups is 1. The molecule has 3 aliphatic rings. The van der Waals surface area contributed by atoms with Crippen molar-refractivity contribution in [2.75, 3.05) is 19.7 Å². The van der Waals surface area contributed by atoms with E-state index in [-0.39, 0.29) is 18.2 Å². The first-order valence-corrected chi connectivity index (χ1v) is 7.41. The van der Waals surface area contributed by atoms with Crippen LogP contribution in [0.2, 0.25) is 0 Å². The average molecular weight is 252 g/mol. The summed E-state index contributed by atoms with van der Waals surface area (Å²) in [6.45, 7) is 4.86. The molecule has 3 atom stereocenters. The molecule has 102 valence electrons. The Morgan fingerprint density at radius 3 is 2.83 bits per heavy atom. The molecule has 0 spiro atoms. The summed E-state index contributed by atoms with van der Waals surface area (Å²) in [7, 11) is 0. The van der Waals surface area contributed by atoms with Crippen LogP contribution in [0.15, 0.2) is 0 Å². The van der Waals surface area contributed by atoms with Gasteiger partial charge in [0.15, 0.2) is 0 Å². The Morgan fingerprint density at radius 1 is 1.28 bits per heavy atom. The van der Waals surface area contributed by atoms with Crippen LogP contribution >= 0.6 is 0 Å². The molecule has 2 heterocycles. The van der Waals surface area contributed by atoms with Crippen molar-refractivity contribution < 1.29 is 9.53 Å². The Hall–Kier alpha value is -0.770. The predicted molar refractivity (Wildman–Crippen MR) is 69.4 cm³/mol. The van der Waals surface area contributed by atoms with E-state index in [1.165, 1.54) is 19.3 Å². The minimum Gasteiger partial charge on any atom is -0.376 e. The van der Waals surface area contributed by atoms with Gasteiger partial charge >= 0.3 is 6.03 Å². The van der Waals surface area contributed by atoms with E-state index in [1.807, 2.05) is 4.90 Å². The van der Waals surface area contributed by atoms with Crippen LogP contribution in [0.5, 0.6) is 0 Å². The monoisotopic (exact) mass is 252 g/mol. The fraction of sp³-hybridized carbons (Fsp3) is 0.929. The minimum absolute atomic E-state index is 0.128. The van der Waals surface area contributed by atoms with Gasteiger partial charge in [-0.25, -0.2) is 4.79 Å². The zero-order valence-corrected chi connectivity index (χ0v) is 11.2. The number of urea groups is 1. The van der Waals surface area contributed by atoms with Crippen LogP contribution in [0.3, 0.4) is 0 Å². The number of hydrogen-bond donors (Lipinski definition) is 1. The van der Waals surface area contributed by atoms with Crippen LogP contribution < -0.4 is 5.32 Å². The second kappa shape index (κ2) is 5.08. The third kappa shape index (κ3) is 2.63. The number of nitrogens with one attached hydrogen (secondary N) is 1. The highest BCUT2D eigenvalue weighted by Gasteiger charge is 2.41. The molecule has 1 N–H and O–H groups in total. The lowest BCUT2D eigenvalue weighted by molar-refractivity contribution is 0.0801. The van der Waals surface area contributed by atoms with Crippen molar-refractivity contribution in [2.24, 2.45) is 11.8 Å². The van der Waals surface area contributed by atoms with Gasteiger partial charge in [0.2, 0.25) is 0 Å². The highest BCUT2D eigenvalue weighted by atomic mass is 16.5.